The van der Waals surface area contributed by atoms with Crippen LogP contribution in [-0.2, 0) is 11.3 Å². The van der Waals surface area contributed by atoms with E-state index >= 15 is 0 Å². The third-order valence-electron chi connectivity index (χ3n) is 4.85. The van der Waals surface area contributed by atoms with Crippen molar-refractivity contribution in [1.82, 2.24) is 29.3 Å². The van der Waals surface area contributed by atoms with E-state index in [1.807, 2.05) is 46.6 Å². The minimum atomic E-state index is 0.0488. The number of carbonyl (C=O) groups excluding carboxylic acids is 1. The fourth-order valence-electron chi connectivity index (χ4n) is 3.37. The topological polar surface area (TPSA) is 87.7 Å². The van der Waals surface area contributed by atoms with Gasteiger partial charge in [-0.1, -0.05) is 11.8 Å². The van der Waals surface area contributed by atoms with E-state index in [1.54, 1.807) is 37.0 Å². The van der Waals surface area contributed by atoms with Crippen LogP contribution in [0.4, 0.5) is 0 Å². The van der Waals surface area contributed by atoms with Crippen molar-refractivity contribution in [3.63, 3.8) is 0 Å². The van der Waals surface area contributed by atoms with Gasteiger partial charge in [-0.15, -0.1) is 21.5 Å². The number of aromatic nitrogens is 6. The zero-order chi connectivity index (χ0) is 21.8. The maximum atomic E-state index is 13.0. The number of aryl methyl sites for hydroxylation is 1. The lowest BCUT2D eigenvalue weighted by molar-refractivity contribution is 0.102. The zero-order valence-corrected chi connectivity index (χ0v) is 19.1. The Labute approximate surface area is 188 Å². The molecular weight excluding hydrogens is 432 g/mol. The summed E-state index contributed by atoms with van der Waals surface area (Å²) >= 11 is 2.93. The van der Waals surface area contributed by atoms with Crippen LogP contribution in [0.3, 0.4) is 0 Å². The van der Waals surface area contributed by atoms with Crippen LogP contribution in [0.1, 0.15) is 21.7 Å². The van der Waals surface area contributed by atoms with Crippen molar-refractivity contribution in [3.8, 4) is 16.5 Å². The van der Waals surface area contributed by atoms with Gasteiger partial charge in [0, 0.05) is 53.6 Å². The molecule has 0 atom stereocenters. The number of Topliss-reactive ketones (excluding diaryl/α,β-unsaturated/α-hetero) is 1. The number of methoxy groups -OCH3 is 1. The van der Waals surface area contributed by atoms with Gasteiger partial charge in [0.1, 0.15) is 0 Å². The van der Waals surface area contributed by atoms with Gasteiger partial charge in [0.25, 0.3) is 0 Å². The number of rotatable bonds is 9. The van der Waals surface area contributed by atoms with Crippen LogP contribution in [0.5, 0.6) is 0 Å². The lowest BCUT2D eigenvalue weighted by Gasteiger charge is -2.09. The van der Waals surface area contributed by atoms with Gasteiger partial charge in [0.15, 0.2) is 21.9 Å². The molecule has 0 aromatic carbocycles. The quantitative estimate of drug-likeness (QED) is 0.281. The minimum absolute atomic E-state index is 0.0488. The molecule has 0 aliphatic rings. The minimum Gasteiger partial charge on any atom is -0.383 e. The Balaban J connectivity index is 1.55. The monoisotopic (exact) mass is 454 g/mol. The van der Waals surface area contributed by atoms with Crippen LogP contribution in [0.25, 0.3) is 16.5 Å². The number of hydrogen-bond acceptors (Lipinski definition) is 8. The molecule has 0 saturated carbocycles. The standard InChI is InChI=1S/C21H22N6O2S2/c1-14-12-17(15(2)27(14)20-23-8-11-30-20)18(28)13-31-21-25-24-19(26(21)9-10-29-3)16-4-6-22-7-5-16/h4-8,11-12H,9-10,13H2,1-3H3. The Morgan fingerprint density at radius 2 is 2.00 bits per heavy atom. The third-order valence-corrected chi connectivity index (χ3v) is 6.57. The van der Waals surface area contributed by atoms with Crippen LogP contribution in [0.15, 0.2) is 47.3 Å². The molecule has 0 unspecified atom stereocenters. The number of thiazole rings is 1. The Morgan fingerprint density at radius 1 is 1.19 bits per heavy atom. The van der Waals surface area contributed by atoms with Gasteiger partial charge in [0.2, 0.25) is 0 Å². The molecular formula is C21H22N6O2S2. The Morgan fingerprint density at radius 3 is 2.71 bits per heavy atom. The largest absolute Gasteiger partial charge is 0.383 e. The van der Waals surface area contributed by atoms with E-state index in [0.717, 1.165) is 27.9 Å². The van der Waals surface area contributed by atoms with Crippen LogP contribution < -0.4 is 0 Å². The van der Waals surface area contributed by atoms with Crippen molar-refractivity contribution in [2.75, 3.05) is 19.5 Å². The van der Waals surface area contributed by atoms with Crippen molar-refractivity contribution in [2.24, 2.45) is 0 Å². The van der Waals surface area contributed by atoms with Gasteiger partial charge in [-0.05, 0) is 32.0 Å². The molecule has 4 aromatic rings. The number of ketones is 1. The molecule has 0 radical (unpaired) electrons. The van der Waals surface area contributed by atoms with Gasteiger partial charge in [0.05, 0.1) is 18.9 Å². The second-order valence-electron chi connectivity index (χ2n) is 6.83. The molecule has 31 heavy (non-hydrogen) atoms. The Kier molecular flexibility index (Phi) is 6.59. The first-order valence-electron chi connectivity index (χ1n) is 9.67. The molecule has 8 nitrogen and oxygen atoms in total. The summed E-state index contributed by atoms with van der Waals surface area (Å²) in [6.45, 7) is 5.05. The highest BCUT2D eigenvalue weighted by Crippen LogP contribution is 2.27. The van der Waals surface area contributed by atoms with E-state index in [-0.39, 0.29) is 11.5 Å². The molecule has 4 rings (SSSR count). The number of hydrogen-bond donors (Lipinski definition) is 0. The molecule has 0 bridgehead atoms. The normalized spacial score (nSPS) is 11.2. The van der Waals surface area contributed by atoms with Gasteiger partial charge >= 0.3 is 0 Å². The van der Waals surface area contributed by atoms with Crippen LogP contribution >= 0.6 is 23.1 Å². The summed E-state index contributed by atoms with van der Waals surface area (Å²) in [5, 5.41) is 12.2. The van der Waals surface area contributed by atoms with Gasteiger partial charge in [-0.2, -0.15) is 0 Å². The van der Waals surface area contributed by atoms with E-state index in [0.29, 0.717) is 23.9 Å². The highest BCUT2D eigenvalue weighted by Gasteiger charge is 2.20. The Bertz CT molecular complexity index is 1170. The highest BCUT2D eigenvalue weighted by molar-refractivity contribution is 7.99. The second-order valence-corrected chi connectivity index (χ2v) is 8.65. The fourth-order valence-corrected chi connectivity index (χ4v) is 4.97. The summed E-state index contributed by atoms with van der Waals surface area (Å²) in [6.07, 6.45) is 5.21. The molecule has 0 aliphatic heterocycles. The first kappa shape index (κ1) is 21.4. The average Bonchev–Trinajstić information content (AvgIpc) is 3.50. The summed E-state index contributed by atoms with van der Waals surface area (Å²) < 4.78 is 9.25. The molecule has 0 fully saturated rings. The molecule has 4 heterocycles. The van der Waals surface area contributed by atoms with Crippen LogP contribution in [0, 0.1) is 13.8 Å². The fraction of sp³-hybridized carbons (Fsp3) is 0.286. The van der Waals surface area contributed by atoms with Gasteiger partial charge in [-0.3, -0.25) is 18.9 Å². The summed E-state index contributed by atoms with van der Waals surface area (Å²) in [5.74, 6) is 1.05. The first-order valence-corrected chi connectivity index (χ1v) is 11.5. The number of thioether (sulfide) groups is 1. The lowest BCUT2D eigenvalue weighted by atomic mass is 10.2. The lowest BCUT2D eigenvalue weighted by Crippen LogP contribution is -2.10. The predicted octanol–water partition coefficient (Wildman–Crippen LogP) is 3.83. The number of nitrogens with zero attached hydrogens (tertiary/aromatic N) is 6. The van der Waals surface area contributed by atoms with E-state index < -0.39 is 0 Å². The molecule has 0 aliphatic carbocycles. The second kappa shape index (κ2) is 9.54. The van der Waals surface area contributed by atoms with Crippen LogP contribution in [0.2, 0.25) is 0 Å². The van der Waals surface area contributed by atoms with Crippen molar-refractivity contribution < 1.29 is 9.53 Å². The molecule has 160 valence electrons. The molecule has 0 N–H and O–H groups in total. The van der Waals surface area contributed by atoms with E-state index in [4.69, 9.17) is 4.74 Å². The highest BCUT2D eigenvalue weighted by atomic mass is 32.2. The van der Waals surface area contributed by atoms with Crippen molar-refractivity contribution in [3.05, 3.63) is 59.1 Å². The van der Waals surface area contributed by atoms with Gasteiger partial charge < -0.3 is 4.74 Å². The van der Waals surface area contributed by atoms with E-state index in [2.05, 4.69) is 20.2 Å². The summed E-state index contributed by atoms with van der Waals surface area (Å²) in [5.41, 5.74) is 3.52. The summed E-state index contributed by atoms with van der Waals surface area (Å²) in [7, 11) is 1.66. The van der Waals surface area contributed by atoms with E-state index in [9.17, 15) is 4.79 Å². The SMILES string of the molecule is COCCn1c(SCC(=O)c2cc(C)n(-c3nccs3)c2C)nnc1-c1ccncc1. The maximum Gasteiger partial charge on any atom is 0.193 e. The summed E-state index contributed by atoms with van der Waals surface area (Å²) in [4.78, 5) is 21.5. The predicted molar refractivity (Wildman–Crippen MR) is 121 cm³/mol. The molecule has 0 saturated heterocycles. The molecule has 4 aromatic heterocycles. The zero-order valence-electron chi connectivity index (χ0n) is 17.5. The number of carbonyl (C=O) groups is 1. The summed E-state index contributed by atoms with van der Waals surface area (Å²) in [6, 6.07) is 5.71. The molecule has 0 spiro atoms. The maximum absolute atomic E-state index is 13.0. The van der Waals surface area contributed by atoms with Crippen molar-refractivity contribution >= 4 is 28.9 Å². The first-order chi connectivity index (χ1) is 15.1. The number of ether oxygens (including phenoxy) is 1. The van der Waals surface area contributed by atoms with Crippen molar-refractivity contribution in [1.29, 1.82) is 0 Å². The molecule has 0 amide bonds. The smallest absolute Gasteiger partial charge is 0.193 e. The number of pyridine rings is 1. The van der Waals surface area contributed by atoms with Crippen LogP contribution in [-0.4, -0.2) is 54.6 Å². The Hall–Kier alpha value is -2.82. The average molecular weight is 455 g/mol. The van der Waals surface area contributed by atoms with E-state index in [1.165, 1.54) is 11.8 Å². The van der Waals surface area contributed by atoms with Crippen molar-refractivity contribution in [2.45, 2.75) is 25.5 Å². The molecule has 10 heteroatoms. The van der Waals surface area contributed by atoms with Gasteiger partial charge in [-0.25, -0.2) is 4.98 Å². The third kappa shape index (κ3) is 4.46.